The second kappa shape index (κ2) is 9.61. The van der Waals surface area contributed by atoms with E-state index in [4.69, 9.17) is 14.2 Å². The Morgan fingerprint density at radius 3 is 2.24 bits per heavy atom. The van der Waals surface area contributed by atoms with E-state index in [0.29, 0.717) is 11.1 Å². The minimum absolute atomic E-state index is 0.0302. The van der Waals surface area contributed by atoms with Crippen LogP contribution in [0.25, 0.3) is 0 Å². The monoisotopic (exact) mass is 454 g/mol. The van der Waals surface area contributed by atoms with Crippen LogP contribution < -0.4 is 11.2 Å². The van der Waals surface area contributed by atoms with Crippen LogP contribution in [0.1, 0.15) is 33.4 Å². The van der Waals surface area contributed by atoms with Crippen LogP contribution in [-0.4, -0.2) is 40.3 Å². The molecule has 3 atom stereocenters. The lowest BCUT2D eigenvalue weighted by Gasteiger charge is -2.19. The molecule has 33 heavy (non-hydrogen) atoms. The maximum atomic E-state index is 13.8. The van der Waals surface area contributed by atoms with Gasteiger partial charge in [-0.2, -0.15) is 4.39 Å². The van der Waals surface area contributed by atoms with Gasteiger partial charge in [0, 0.05) is 6.42 Å². The smallest absolute Gasteiger partial charge is 0.338 e. The average molecular weight is 454 g/mol. The lowest BCUT2D eigenvalue weighted by Crippen LogP contribution is -2.34. The molecule has 1 N–H and O–H groups in total. The molecule has 0 unspecified atom stereocenters. The van der Waals surface area contributed by atoms with Crippen molar-refractivity contribution in [2.75, 3.05) is 6.61 Å². The number of nitrogens with one attached hydrogen (secondary N) is 1. The lowest BCUT2D eigenvalue weighted by molar-refractivity contribution is -0.0584. The third-order valence-corrected chi connectivity index (χ3v) is 5.07. The zero-order valence-corrected chi connectivity index (χ0v) is 17.2. The number of nitrogens with zero attached hydrogens (tertiary/aromatic N) is 1. The molecule has 10 heteroatoms. The van der Waals surface area contributed by atoms with Gasteiger partial charge in [0.25, 0.3) is 5.56 Å². The first-order chi connectivity index (χ1) is 15.9. The number of benzene rings is 2. The summed E-state index contributed by atoms with van der Waals surface area (Å²) in [7, 11) is 0. The third-order valence-electron chi connectivity index (χ3n) is 5.07. The predicted molar refractivity (Wildman–Crippen MR) is 112 cm³/mol. The molecule has 2 heterocycles. The summed E-state index contributed by atoms with van der Waals surface area (Å²) in [5.41, 5.74) is -1.42. The van der Waals surface area contributed by atoms with Crippen LogP contribution in [0, 0.1) is 5.82 Å². The van der Waals surface area contributed by atoms with Gasteiger partial charge in [-0.15, -0.1) is 0 Å². The minimum atomic E-state index is -1.17. The molecule has 1 aliphatic rings. The van der Waals surface area contributed by atoms with Gasteiger partial charge in [-0.05, 0) is 24.3 Å². The summed E-state index contributed by atoms with van der Waals surface area (Å²) in [6.45, 7) is -0.280. The summed E-state index contributed by atoms with van der Waals surface area (Å²) >= 11 is 0. The van der Waals surface area contributed by atoms with E-state index >= 15 is 0 Å². The molecule has 1 fully saturated rings. The van der Waals surface area contributed by atoms with Crippen molar-refractivity contribution in [2.45, 2.75) is 24.9 Å². The Labute approximate surface area is 186 Å². The first kappa shape index (κ1) is 22.2. The number of rotatable bonds is 6. The Hall–Kier alpha value is -4.05. The maximum absolute atomic E-state index is 13.8. The Morgan fingerprint density at radius 2 is 1.61 bits per heavy atom. The molecule has 0 saturated carbocycles. The number of hydrogen-bond acceptors (Lipinski definition) is 7. The summed E-state index contributed by atoms with van der Waals surface area (Å²) in [4.78, 5) is 50.2. The molecule has 4 rings (SSSR count). The first-order valence-electron chi connectivity index (χ1n) is 10.1. The van der Waals surface area contributed by atoms with Crippen molar-refractivity contribution >= 4 is 11.9 Å². The van der Waals surface area contributed by atoms with Crippen molar-refractivity contribution in [3.8, 4) is 0 Å². The summed E-state index contributed by atoms with van der Waals surface area (Å²) in [6, 6.07) is 16.5. The molecule has 1 saturated heterocycles. The van der Waals surface area contributed by atoms with Gasteiger partial charge in [0.2, 0.25) is 5.82 Å². The van der Waals surface area contributed by atoms with E-state index in [2.05, 4.69) is 0 Å². The number of halogens is 1. The van der Waals surface area contributed by atoms with Gasteiger partial charge in [0.05, 0.1) is 17.3 Å². The van der Waals surface area contributed by atoms with Crippen molar-refractivity contribution in [1.29, 1.82) is 0 Å². The highest BCUT2D eigenvalue weighted by Gasteiger charge is 2.40. The molecule has 9 nitrogen and oxygen atoms in total. The summed E-state index contributed by atoms with van der Waals surface area (Å²) < 4.78 is 31.3. The number of hydrogen-bond donors (Lipinski definition) is 1. The highest BCUT2D eigenvalue weighted by atomic mass is 19.1. The van der Waals surface area contributed by atoms with Gasteiger partial charge in [-0.25, -0.2) is 14.4 Å². The molecule has 0 spiro atoms. The second-order valence-corrected chi connectivity index (χ2v) is 7.28. The molecule has 0 radical (unpaired) electrons. The normalized spacial score (nSPS) is 19.7. The van der Waals surface area contributed by atoms with Crippen LogP contribution in [0.2, 0.25) is 0 Å². The quantitative estimate of drug-likeness (QED) is 0.567. The van der Waals surface area contributed by atoms with Gasteiger partial charge in [-0.1, -0.05) is 36.4 Å². The summed E-state index contributed by atoms with van der Waals surface area (Å²) in [5, 5.41) is 0. The Bertz CT molecular complexity index is 1260. The van der Waals surface area contributed by atoms with Crippen molar-refractivity contribution in [2.24, 2.45) is 0 Å². The molecule has 170 valence electrons. The zero-order chi connectivity index (χ0) is 23.4. The van der Waals surface area contributed by atoms with Crippen molar-refractivity contribution in [3.05, 3.63) is 105 Å². The van der Waals surface area contributed by atoms with Crippen LogP contribution in [-0.2, 0) is 14.2 Å². The van der Waals surface area contributed by atoms with Gasteiger partial charge in [-0.3, -0.25) is 14.3 Å². The maximum Gasteiger partial charge on any atom is 0.338 e. The lowest BCUT2D eigenvalue weighted by atomic mass is 10.1. The fraction of sp³-hybridized carbons (Fsp3) is 0.217. The van der Waals surface area contributed by atoms with E-state index in [1.54, 1.807) is 60.7 Å². The fourth-order valence-electron chi connectivity index (χ4n) is 3.42. The van der Waals surface area contributed by atoms with Gasteiger partial charge >= 0.3 is 17.6 Å². The van der Waals surface area contributed by atoms with E-state index in [-0.39, 0.29) is 13.0 Å². The first-order valence-corrected chi connectivity index (χ1v) is 10.1. The molecule has 0 bridgehead atoms. The average Bonchev–Trinajstić information content (AvgIpc) is 3.23. The van der Waals surface area contributed by atoms with E-state index in [1.165, 1.54) is 0 Å². The van der Waals surface area contributed by atoms with Crippen molar-refractivity contribution in [1.82, 2.24) is 9.55 Å². The van der Waals surface area contributed by atoms with Crippen LogP contribution in [0.5, 0.6) is 0 Å². The van der Waals surface area contributed by atoms with Crippen molar-refractivity contribution in [3.63, 3.8) is 0 Å². The van der Waals surface area contributed by atoms with Crippen LogP contribution in [0.4, 0.5) is 4.39 Å². The van der Waals surface area contributed by atoms with E-state index in [9.17, 15) is 23.6 Å². The number of aromatic amines is 1. The topological polar surface area (TPSA) is 117 Å². The Balaban J connectivity index is 1.53. The second-order valence-electron chi connectivity index (χ2n) is 7.28. The molecule has 0 aliphatic carbocycles. The zero-order valence-electron chi connectivity index (χ0n) is 17.2. The molecular weight excluding hydrogens is 435 g/mol. The van der Waals surface area contributed by atoms with Crippen LogP contribution >= 0.6 is 0 Å². The highest BCUT2D eigenvalue weighted by Crippen LogP contribution is 2.31. The number of H-pyrrole nitrogens is 1. The third kappa shape index (κ3) is 5.07. The van der Waals surface area contributed by atoms with E-state index in [0.717, 1.165) is 10.8 Å². The largest absolute Gasteiger partial charge is 0.459 e. The Kier molecular flexibility index (Phi) is 6.45. The molecule has 1 aromatic heterocycles. The molecular formula is C23H19FN2O7. The molecule has 2 aromatic carbocycles. The van der Waals surface area contributed by atoms with Gasteiger partial charge in [0.15, 0.2) is 0 Å². The van der Waals surface area contributed by atoms with Crippen LogP contribution in [0.3, 0.4) is 0 Å². The van der Waals surface area contributed by atoms with E-state index in [1.807, 2.05) is 4.98 Å². The number of aromatic nitrogens is 2. The van der Waals surface area contributed by atoms with Gasteiger partial charge in [0.1, 0.15) is 25.0 Å². The Morgan fingerprint density at radius 1 is 1.00 bits per heavy atom. The number of esters is 2. The molecule has 0 amide bonds. The summed E-state index contributed by atoms with van der Waals surface area (Å²) in [5.74, 6) is -2.41. The molecule has 1 aliphatic heterocycles. The number of ether oxygens (including phenoxy) is 3. The predicted octanol–water partition coefficient (Wildman–Crippen LogP) is 2.05. The van der Waals surface area contributed by atoms with Crippen LogP contribution in [0.15, 0.2) is 76.4 Å². The van der Waals surface area contributed by atoms with Gasteiger partial charge < -0.3 is 14.2 Å². The SMILES string of the molecule is O=C(OC[C@H]1O[C@@H](n2cc(F)c(=O)[nH]c2=O)C[C@@H]1OC(=O)c1ccccc1)c1ccccc1. The van der Waals surface area contributed by atoms with E-state index < -0.39 is 47.4 Å². The van der Waals surface area contributed by atoms with Crippen molar-refractivity contribution < 1.29 is 28.2 Å². The minimum Gasteiger partial charge on any atom is -0.459 e. The molecule has 3 aromatic rings. The number of carbonyl (C=O) groups is 2. The number of carbonyl (C=O) groups excluding carboxylic acids is 2. The standard InChI is InChI=1S/C23H19FN2O7/c24-16-12-26(23(30)25-20(16)27)19-11-17(33-22(29)15-9-5-2-6-10-15)18(32-19)13-31-21(28)14-7-3-1-4-8-14/h1-10,12,17-19H,11,13H2,(H,25,27,30)/t17-,18+,19+/m0/s1. The fourth-order valence-corrected chi connectivity index (χ4v) is 3.42. The summed E-state index contributed by atoms with van der Waals surface area (Å²) in [6.07, 6.45) is -2.21. The highest BCUT2D eigenvalue weighted by molar-refractivity contribution is 5.90.